The summed E-state index contributed by atoms with van der Waals surface area (Å²) in [5.74, 6) is 0. The number of rotatable bonds is 5. The molecule has 3 rings (SSSR count). The molecule has 5 heteroatoms. The van der Waals surface area contributed by atoms with Gasteiger partial charge in [0.2, 0.25) is 7.29 Å². The first-order chi connectivity index (χ1) is 11.2. The molecule has 0 unspecified atom stereocenters. The van der Waals surface area contributed by atoms with E-state index < -0.39 is 7.29 Å². The highest BCUT2D eigenvalue weighted by Crippen LogP contribution is 2.47. The van der Waals surface area contributed by atoms with Gasteiger partial charge in [0.05, 0.1) is 6.61 Å². The molecule has 1 N–H and O–H groups in total. The summed E-state index contributed by atoms with van der Waals surface area (Å²) in [6.45, 7) is 4.04. The lowest BCUT2D eigenvalue weighted by atomic mass is 10.3. The van der Waals surface area contributed by atoms with E-state index in [0.717, 1.165) is 36.8 Å². The molecule has 1 aliphatic heterocycles. The molecule has 0 spiro atoms. The number of hydrogen-bond donors (Lipinski definition) is 1. The molecule has 1 saturated heterocycles. The predicted octanol–water partition coefficient (Wildman–Crippen LogP) is 1.53. The molecule has 2 aromatic rings. The van der Waals surface area contributed by atoms with Crippen LogP contribution in [0.5, 0.6) is 0 Å². The fourth-order valence-electron chi connectivity index (χ4n) is 3.12. The van der Waals surface area contributed by atoms with Crippen LogP contribution in [0.3, 0.4) is 0 Å². The third-order valence-corrected chi connectivity index (χ3v) is 7.57. The maximum atomic E-state index is 14.1. The van der Waals surface area contributed by atoms with Gasteiger partial charge in [0, 0.05) is 43.3 Å². The van der Waals surface area contributed by atoms with Crippen molar-refractivity contribution < 1.29 is 9.67 Å². The Labute approximate surface area is 137 Å². The summed E-state index contributed by atoms with van der Waals surface area (Å²) in [6.07, 6.45) is 0. The van der Waals surface area contributed by atoms with Crippen molar-refractivity contribution in [3.8, 4) is 0 Å². The maximum Gasteiger partial charge on any atom is 0.207 e. The van der Waals surface area contributed by atoms with Crippen molar-refractivity contribution in [3.05, 3.63) is 60.7 Å². The number of hydrogen-bond acceptors (Lipinski definition) is 3. The lowest BCUT2D eigenvalue weighted by Crippen LogP contribution is -2.48. The van der Waals surface area contributed by atoms with E-state index >= 15 is 0 Å². The van der Waals surface area contributed by atoms with E-state index in [1.54, 1.807) is 0 Å². The summed E-state index contributed by atoms with van der Waals surface area (Å²) >= 11 is 0. The molecular formula is C18H23N2O2P. The second kappa shape index (κ2) is 7.41. The zero-order valence-corrected chi connectivity index (χ0v) is 14.1. The van der Waals surface area contributed by atoms with Gasteiger partial charge in [-0.3, -0.25) is 9.46 Å². The predicted molar refractivity (Wildman–Crippen MR) is 94.9 cm³/mol. The van der Waals surface area contributed by atoms with Gasteiger partial charge < -0.3 is 5.11 Å². The Kier molecular flexibility index (Phi) is 5.29. The summed E-state index contributed by atoms with van der Waals surface area (Å²) in [7, 11) is -2.80. The molecule has 1 aliphatic rings. The topological polar surface area (TPSA) is 43.8 Å². The average molecular weight is 330 g/mol. The lowest BCUT2D eigenvalue weighted by molar-refractivity contribution is 0.152. The van der Waals surface area contributed by atoms with Crippen molar-refractivity contribution in [2.45, 2.75) is 0 Å². The second-order valence-electron chi connectivity index (χ2n) is 5.77. The Balaban J connectivity index is 1.93. The molecule has 1 heterocycles. The van der Waals surface area contributed by atoms with Crippen molar-refractivity contribution in [3.63, 3.8) is 0 Å². The molecular weight excluding hydrogens is 307 g/mol. The second-order valence-corrected chi connectivity index (χ2v) is 8.52. The number of benzene rings is 2. The van der Waals surface area contributed by atoms with Crippen LogP contribution in [0.4, 0.5) is 0 Å². The fourth-order valence-corrected chi connectivity index (χ4v) is 5.97. The highest BCUT2D eigenvalue weighted by atomic mass is 31.2. The van der Waals surface area contributed by atoms with E-state index in [4.69, 9.17) is 5.11 Å². The first-order valence-corrected chi connectivity index (χ1v) is 9.71. The van der Waals surface area contributed by atoms with Crippen LogP contribution in [0.25, 0.3) is 0 Å². The Morgan fingerprint density at radius 2 is 1.30 bits per heavy atom. The van der Waals surface area contributed by atoms with Crippen LogP contribution >= 0.6 is 7.29 Å². The van der Waals surface area contributed by atoms with Crippen LogP contribution in [0, 0.1) is 0 Å². The first-order valence-electron chi connectivity index (χ1n) is 8.05. The first kappa shape index (κ1) is 16.4. The largest absolute Gasteiger partial charge is 0.395 e. The van der Waals surface area contributed by atoms with Crippen molar-refractivity contribution in [2.75, 3.05) is 39.3 Å². The van der Waals surface area contributed by atoms with Gasteiger partial charge in [0.1, 0.15) is 0 Å². The molecule has 2 aromatic carbocycles. The minimum absolute atomic E-state index is 0.176. The molecule has 0 bridgehead atoms. The van der Waals surface area contributed by atoms with Crippen LogP contribution in [0.1, 0.15) is 0 Å². The van der Waals surface area contributed by atoms with Crippen molar-refractivity contribution in [2.24, 2.45) is 0 Å². The zero-order chi connectivity index (χ0) is 16.1. The van der Waals surface area contributed by atoms with E-state index in [0.29, 0.717) is 6.54 Å². The van der Waals surface area contributed by atoms with Gasteiger partial charge in [-0.15, -0.1) is 0 Å². The van der Waals surface area contributed by atoms with Gasteiger partial charge in [-0.05, 0) is 24.3 Å². The molecule has 0 aliphatic carbocycles. The van der Waals surface area contributed by atoms with Crippen molar-refractivity contribution in [1.82, 2.24) is 9.57 Å². The SMILES string of the molecule is O=P(c1ccccc1)(c1ccccc1)N1CCN(CCO)CC1. The summed E-state index contributed by atoms with van der Waals surface area (Å²) in [5.41, 5.74) is 0. The standard InChI is InChI=1S/C18H23N2O2P/c21-16-15-19-11-13-20(14-12-19)23(22,17-7-3-1-4-8-17)18-9-5-2-6-10-18/h1-10,21H,11-16H2. The van der Waals surface area contributed by atoms with Gasteiger partial charge in [0.15, 0.2) is 0 Å². The van der Waals surface area contributed by atoms with Gasteiger partial charge in [-0.1, -0.05) is 36.4 Å². The smallest absolute Gasteiger partial charge is 0.207 e. The number of aliphatic hydroxyl groups excluding tert-OH is 1. The van der Waals surface area contributed by atoms with Gasteiger partial charge in [-0.25, -0.2) is 4.67 Å². The lowest BCUT2D eigenvalue weighted by Gasteiger charge is -2.39. The molecule has 23 heavy (non-hydrogen) atoms. The number of nitrogens with zero attached hydrogens (tertiary/aromatic N) is 2. The average Bonchev–Trinajstić information content (AvgIpc) is 2.63. The van der Waals surface area contributed by atoms with Crippen LogP contribution < -0.4 is 10.6 Å². The van der Waals surface area contributed by atoms with Crippen molar-refractivity contribution >= 4 is 17.9 Å². The fraction of sp³-hybridized carbons (Fsp3) is 0.333. The van der Waals surface area contributed by atoms with E-state index in [-0.39, 0.29) is 6.61 Å². The van der Waals surface area contributed by atoms with E-state index in [2.05, 4.69) is 9.57 Å². The van der Waals surface area contributed by atoms with E-state index in [1.807, 2.05) is 60.7 Å². The summed E-state index contributed by atoms with van der Waals surface area (Å²) < 4.78 is 16.2. The highest BCUT2D eigenvalue weighted by molar-refractivity contribution is 7.76. The highest BCUT2D eigenvalue weighted by Gasteiger charge is 2.36. The molecule has 1 fully saturated rings. The van der Waals surface area contributed by atoms with Crippen LogP contribution in [-0.2, 0) is 4.57 Å². The monoisotopic (exact) mass is 330 g/mol. The minimum atomic E-state index is -2.80. The summed E-state index contributed by atoms with van der Waals surface area (Å²) in [5, 5.41) is 10.9. The molecule has 122 valence electrons. The minimum Gasteiger partial charge on any atom is -0.395 e. The number of aliphatic hydroxyl groups is 1. The Hall–Kier alpha value is -1.45. The Bertz CT molecular complexity index is 612. The van der Waals surface area contributed by atoms with Crippen LogP contribution in [0.2, 0.25) is 0 Å². The molecule has 0 radical (unpaired) electrons. The Morgan fingerprint density at radius 3 is 1.74 bits per heavy atom. The third-order valence-electron chi connectivity index (χ3n) is 4.38. The van der Waals surface area contributed by atoms with E-state index in [9.17, 15) is 4.57 Å². The van der Waals surface area contributed by atoms with Gasteiger partial charge >= 0.3 is 0 Å². The van der Waals surface area contributed by atoms with E-state index in [1.165, 1.54) is 0 Å². The maximum absolute atomic E-state index is 14.1. The normalized spacial score (nSPS) is 17.3. The van der Waals surface area contributed by atoms with Gasteiger partial charge in [-0.2, -0.15) is 0 Å². The number of β-amino-alcohol motifs (C(OH)–C–C–N with tert-alkyl or cyclic N) is 1. The molecule has 0 aromatic heterocycles. The van der Waals surface area contributed by atoms with Crippen LogP contribution in [-0.4, -0.2) is 54.0 Å². The molecule has 4 nitrogen and oxygen atoms in total. The van der Waals surface area contributed by atoms with Crippen molar-refractivity contribution in [1.29, 1.82) is 0 Å². The third kappa shape index (κ3) is 3.41. The Morgan fingerprint density at radius 1 is 0.826 bits per heavy atom. The molecule has 0 saturated carbocycles. The summed E-state index contributed by atoms with van der Waals surface area (Å²) in [6, 6.07) is 19.6. The van der Waals surface area contributed by atoms with Gasteiger partial charge in [0.25, 0.3) is 0 Å². The summed E-state index contributed by atoms with van der Waals surface area (Å²) in [4.78, 5) is 2.22. The molecule has 0 amide bonds. The number of piperazine rings is 1. The zero-order valence-electron chi connectivity index (χ0n) is 13.2. The van der Waals surface area contributed by atoms with Crippen LogP contribution in [0.15, 0.2) is 60.7 Å². The quantitative estimate of drug-likeness (QED) is 0.845. The molecule has 0 atom stereocenters.